The van der Waals surface area contributed by atoms with E-state index >= 15 is 0 Å². The quantitative estimate of drug-likeness (QED) is 0.767. The summed E-state index contributed by atoms with van der Waals surface area (Å²) in [6.45, 7) is 0.334. The predicted octanol–water partition coefficient (Wildman–Crippen LogP) is 1.90. The molecule has 1 heterocycles. The van der Waals surface area contributed by atoms with Gasteiger partial charge in [-0.25, -0.2) is 9.78 Å². The second kappa shape index (κ2) is 5.90. The van der Waals surface area contributed by atoms with Crippen LogP contribution in [0, 0.1) is 0 Å². The molecule has 2 rings (SSSR count). The van der Waals surface area contributed by atoms with Crippen molar-refractivity contribution >= 4 is 6.09 Å². The molecule has 100 valence electrons. The summed E-state index contributed by atoms with van der Waals surface area (Å²) in [4.78, 5) is 17.7. The van der Waals surface area contributed by atoms with Crippen molar-refractivity contribution in [1.82, 2.24) is 15.3 Å². The Labute approximate surface area is 110 Å². The monoisotopic (exact) mass is 261 g/mol. The van der Waals surface area contributed by atoms with Crippen LogP contribution in [-0.2, 0) is 6.42 Å². The van der Waals surface area contributed by atoms with E-state index in [9.17, 15) is 4.79 Å². The fraction of sp³-hybridized carbons (Fsp3) is 0.231. The van der Waals surface area contributed by atoms with Crippen molar-refractivity contribution in [2.75, 3.05) is 13.7 Å². The maximum Gasteiger partial charge on any atom is 0.404 e. The lowest BCUT2D eigenvalue weighted by molar-refractivity contribution is 0.194. The van der Waals surface area contributed by atoms with Crippen LogP contribution in [0.1, 0.15) is 5.82 Å². The molecular weight excluding hydrogens is 246 g/mol. The fourth-order valence-electron chi connectivity index (χ4n) is 1.71. The van der Waals surface area contributed by atoms with Gasteiger partial charge < -0.3 is 20.1 Å². The molecule has 1 aromatic carbocycles. The summed E-state index contributed by atoms with van der Waals surface area (Å²) >= 11 is 0. The van der Waals surface area contributed by atoms with Crippen LogP contribution in [0.5, 0.6) is 5.75 Å². The molecule has 2 aromatic rings. The predicted molar refractivity (Wildman–Crippen MR) is 70.3 cm³/mol. The zero-order valence-electron chi connectivity index (χ0n) is 10.5. The summed E-state index contributed by atoms with van der Waals surface area (Å²) in [5, 5.41) is 10.8. The Morgan fingerprint density at radius 3 is 3.11 bits per heavy atom. The van der Waals surface area contributed by atoms with Gasteiger partial charge in [-0.15, -0.1) is 0 Å². The number of H-pyrrole nitrogens is 1. The number of benzene rings is 1. The van der Waals surface area contributed by atoms with Crippen molar-refractivity contribution in [1.29, 1.82) is 0 Å². The Bertz CT molecular complexity index is 566. The number of aromatic nitrogens is 2. The van der Waals surface area contributed by atoms with Gasteiger partial charge in [0.2, 0.25) is 0 Å². The molecule has 1 amide bonds. The van der Waals surface area contributed by atoms with Gasteiger partial charge in [0.1, 0.15) is 11.6 Å². The Balaban J connectivity index is 2.05. The molecule has 0 atom stereocenters. The lowest BCUT2D eigenvalue weighted by Gasteiger charge is -2.02. The number of methoxy groups -OCH3 is 1. The molecule has 0 radical (unpaired) electrons. The summed E-state index contributed by atoms with van der Waals surface area (Å²) in [5.74, 6) is 1.52. The molecule has 1 aromatic heterocycles. The maximum atomic E-state index is 10.3. The van der Waals surface area contributed by atoms with E-state index in [0.717, 1.165) is 22.8 Å². The topological polar surface area (TPSA) is 87.2 Å². The number of aromatic amines is 1. The third-order valence-corrected chi connectivity index (χ3v) is 2.65. The summed E-state index contributed by atoms with van der Waals surface area (Å²) < 4.78 is 5.16. The molecule has 19 heavy (non-hydrogen) atoms. The van der Waals surface area contributed by atoms with E-state index < -0.39 is 6.09 Å². The van der Waals surface area contributed by atoms with Crippen molar-refractivity contribution in [3.63, 3.8) is 0 Å². The SMILES string of the molecule is COc1cccc(-c2cnc(CCNC(=O)O)[nH]2)c1. The average Bonchev–Trinajstić information content (AvgIpc) is 2.87. The van der Waals surface area contributed by atoms with E-state index in [2.05, 4.69) is 15.3 Å². The first-order valence-electron chi connectivity index (χ1n) is 5.84. The highest BCUT2D eigenvalue weighted by molar-refractivity contribution is 5.64. The number of rotatable bonds is 5. The molecule has 0 aliphatic heterocycles. The second-order valence-corrected chi connectivity index (χ2v) is 3.96. The van der Waals surface area contributed by atoms with Crippen molar-refractivity contribution in [3.05, 3.63) is 36.3 Å². The molecule has 6 nitrogen and oxygen atoms in total. The van der Waals surface area contributed by atoms with Crippen molar-refractivity contribution in [3.8, 4) is 17.0 Å². The molecule has 0 unspecified atom stereocenters. The highest BCUT2D eigenvalue weighted by atomic mass is 16.5. The second-order valence-electron chi connectivity index (χ2n) is 3.96. The first kappa shape index (κ1) is 12.9. The third-order valence-electron chi connectivity index (χ3n) is 2.65. The van der Waals surface area contributed by atoms with Crippen LogP contribution in [0.15, 0.2) is 30.5 Å². The van der Waals surface area contributed by atoms with Gasteiger partial charge in [0, 0.05) is 18.5 Å². The largest absolute Gasteiger partial charge is 0.497 e. The molecule has 0 fully saturated rings. The summed E-state index contributed by atoms with van der Waals surface area (Å²) in [7, 11) is 1.62. The summed E-state index contributed by atoms with van der Waals surface area (Å²) in [6, 6.07) is 7.64. The van der Waals surface area contributed by atoms with Crippen LogP contribution in [0.4, 0.5) is 4.79 Å². The Hall–Kier alpha value is -2.50. The number of nitrogens with one attached hydrogen (secondary N) is 2. The molecule has 0 bridgehead atoms. The highest BCUT2D eigenvalue weighted by Gasteiger charge is 2.05. The average molecular weight is 261 g/mol. The van der Waals surface area contributed by atoms with Gasteiger partial charge in [-0.3, -0.25) is 0 Å². The number of hydrogen-bond acceptors (Lipinski definition) is 3. The van der Waals surface area contributed by atoms with E-state index in [1.54, 1.807) is 13.3 Å². The number of carbonyl (C=O) groups is 1. The van der Waals surface area contributed by atoms with Gasteiger partial charge >= 0.3 is 6.09 Å². The molecule has 0 spiro atoms. The van der Waals surface area contributed by atoms with E-state index in [1.807, 2.05) is 24.3 Å². The number of nitrogens with zero attached hydrogens (tertiary/aromatic N) is 1. The minimum Gasteiger partial charge on any atom is -0.497 e. The molecule has 0 saturated carbocycles. The molecular formula is C13H15N3O3. The number of imidazole rings is 1. The number of carboxylic acid groups (broad SMARTS) is 1. The molecule has 3 N–H and O–H groups in total. The van der Waals surface area contributed by atoms with Crippen molar-refractivity contribution < 1.29 is 14.6 Å². The molecule has 6 heteroatoms. The maximum absolute atomic E-state index is 10.3. The standard InChI is InChI=1S/C13H15N3O3/c1-19-10-4-2-3-9(7-10)11-8-15-12(16-11)5-6-14-13(17)18/h2-4,7-8,14H,5-6H2,1H3,(H,15,16)(H,17,18). The Kier molecular flexibility index (Phi) is 4.02. The van der Waals surface area contributed by atoms with Crippen LogP contribution in [0.2, 0.25) is 0 Å². The van der Waals surface area contributed by atoms with Crippen LogP contribution in [0.3, 0.4) is 0 Å². The van der Waals surface area contributed by atoms with E-state index in [0.29, 0.717) is 13.0 Å². The summed E-state index contributed by atoms with van der Waals surface area (Å²) in [5.41, 5.74) is 1.86. The number of hydrogen-bond donors (Lipinski definition) is 3. The van der Waals surface area contributed by atoms with Gasteiger partial charge in [0.05, 0.1) is 19.0 Å². The van der Waals surface area contributed by atoms with Crippen LogP contribution in [0.25, 0.3) is 11.3 Å². The van der Waals surface area contributed by atoms with Gasteiger partial charge in [-0.2, -0.15) is 0 Å². The minimum atomic E-state index is -1.03. The third kappa shape index (κ3) is 3.48. The van der Waals surface area contributed by atoms with Crippen LogP contribution < -0.4 is 10.1 Å². The van der Waals surface area contributed by atoms with E-state index in [1.165, 1.54) is 0 Å². The van der Waals surface area contributed by atoms with Gasteiger partial charge in [-0.1, -0.05) is 12.1 Å². The first-order valence-corrected chi connectivity index (χ1v) is 5.84. The minimum absolute atomic E-state index is 0.334. The van der Waals surface area contributed by atoms with Crippen LogP contribution in [-0.4, -0.2) is 34.8 Å². The highest BCUT2D eigenvalue weighted by Crippen LogP contribution is 2.22. The molecule has 0 aliphatic carbocycles. The van der Waals surface area contributed by atoms with E-state index in [4.69, 9.17) is 9.84 Å². The van der Waals surface area contributed by atoms with Crippen molar-refractivity contribution in [2.45, 2.75) is 6.42 Å². The van der Waals surface area contributed by atoms with E-state index in [-0.39, 0.29) is 0 Å². The van der Waals surface area contributed by atoms with Gasteiger partial charge in [0.25, 0.3) is 0 Å². The Morgan fingerprint density at radius 2 is 2.37 bits per heavy atom. The van der Waals surface area contributed by atoms with Crippen LogP contribution >= 0.6 is 0 Å². The van der Waals surface area contributed by atoms with Gasteiger partial charge in [0.15, 0.2) is 0 Å². The Morgan fingerprint density at radius 1 is 1.53 bits per heavy atom. The first-order chi connectivity index (χ1) is 9.19. The summed E-state index contributed by atoms with van der Waals surface area (Å²) in [6.07, 6.45) is 1.22. The zero-order chi connectivity index (χ0) is 13.7. The fourth-order valence-corrected chi connectivity index (χ4v) is 1.71. The number of ether oxygens (including phenoxy) is 1. The molecule has 0 saturated heterocycles. The normalized spacial score (nSPS) is 10.2. The zero-order valence-corrected chi connectivity index (χ0v) is 10.5. The number of amides is 1. The van der Waals surface area contributed by atoms with Crippen molar-refractivity contribution in [2.24, 2.45) is 0 Å². The smallest absolute Gasteiger partial charge is 0.404 e. The molecule has 0 aliphatic rings. The lowest BCUT2D eigenvalue weighted by atomic mass is 10.1. The van der Waals surface area contributed by atoms with Gasteiger partial charge in [-0.05, 0) is 12.1 Å². The lowest BCUT2D eigenvalue weighted by Crippen LogP contribution is -2.23.